The van der Waals surface area contributed by atoms with Crippen LogP contribution in [-0.2, 0) is 14.3 Å². The molecular weight excluding hydrogens is 228 g/mol. The number of hydrogen-bond donors (Lipinski definition) is 0. The molecule has 0 saturated carbocycles. The van der Waals surface area contributed by atoms with Crippen LogP contribution in [0.2, 0.25) is 0 Å². The lowest BCUT2D eigenvalue weighted by molar-refractivity contribution is 0.0981. The molecule has 0 aromatic rings. The van der Waals surface area contributed by atoms with Crippen molar-refractivity contribution in [3.63, 3.8) is 0 Å². The predicted molar refractivity (Wildman–Crippen MR) is 63.9 cm³/mol. The Kier molecular flexibility index (Phi) is 5.17. The van der Waals surface area contributed by atoms with Crippen LogP contribution in [0.3, 0.4) is 0 Å². The van der Waals surface area contributed by atoms with Gasteiger partial charge in [0.25, 0.3) is 10.1 Å². The molecule has 1 saturated heterocycles. The summed E-state index contributed by atoms with van der Waals surface area (Å²) in [6, 6.07) is 0.592. The summed E-state index contributed by atoms with van der Waals surface area (Å²) >= 11 is 0. The molecule has 5 nitrogen and oxygen atoms in total. The van der Waals surface area contributed by atoms with E-state index in [4.69, 9.17) is 4.18 Å². The monoisotopic (exact) mass is 250 g/mol. The first kappa shape index (κ1) is 13.9. The maximum Gasteiger partial charge on any atom is 0.264 e. The van der Waals surface area contributed by atoms with E-state index in [0.29, 0.717) is 12.6 Å². The van der Waals surface area contributed by atoms with E-state index in [0.717, 1.165) is 32.4 Å². The van der Waals surface area contributed by atoms with Crippen molar-refractivity contribution in [2.75, 3.05) is 45.6 Å². The van der Waals surface area contributed by atoms with E-state index in [1.54, 1.807) is 0 Å². The molecule has 0 bridgehead atoms. The highest BCUT2D eigenvalue weighted by Gasteiger charge is 2.18. The number of nitrogens with zero attached hydrogens (tertiary/aromatic N) is 2. The van der Waals surface area contributed by atoms with Gasteiger partial charge in [-0.3, -0.25) is 14.0 Å². The van der Waals surface area contributed by atoms with Gasteiger partial charge in [0.1, 0.15) is 0 Å². The van der Waals surface area contributed by atoms with Crippen LogP contribution < -0.4 is 0 Å². The largest absolute Gasteiger partial charge is 0.298 e. The smallest absolute Gasteiger partial charge is 0.264 e. The lowest BCUT2D eigenvalue weighted by Crippen LogP contribution is -2.49. The molecule has 0 N–H and O–H groups in total. The van der Waals surface area contributed by atoms with Crippen molar-refractivity contribution in [1.82, 2.24) is 9.80 Å². The van der Waals surface area contributed by atoms with Crippen molar-refractivity contribution in [1.29, 1.82) is 0 Å². The van der Waals surface area contributed by atoms with Gasteiger partial charge in [-0.05, 0) is 13.8 Å². The highest BCUT2D eigenvalue weighted by molar-refractivity contribution is 7.85. The number of hydrogen-bond acceptors (Lipinski definition) is 5. The fourth-order valence-corrected chi connectivity index (χ4v) is 2.20. The van der Waals surface area contributed by atoms with Gasteiger partial charge in [-0.15, -0.1) is 0 Å². The zero-order valence-electron chi connectivity index (χ0n) is 10.3. The van der Waals surface area contributed by atoms with E-state index in [1.807, 2.05) is 0 Å². The lowest BCUT2D eigenvalue weighted by Gasteiger charge is -2.36. The van der Waals surface area contributed by atoms with E-state index in [-0.39, 0.29) is 6.61 Å². The van der Waals surface area contributed by atoms with Crippen LogP contribution in [0.5, 0.6) is 0 Å². The summed E-state index contributed by atoms with van der Waals surface area (Å²) in [5.74, 6) is 0. The van der Waals surface area contributed by atoms with Gasteiger partial charge in [-0.25, -0.2) is 0 Å². The molecule has 0 spiro atoms. The highest BCUT2D eigenvalue weighted by atomic mass is 32.2. The first-order valence-electron chi connectivity index (χ1n) is 5.69. The van der Waals surface area contributed by atoms with Crippen LogP contribution in [0.15, 0.2) is 0 Å². The summed E-state index contributed by atoms with van der Waals surface area (Å²) in [6.07, 6.45) is 1.09. The van der Waals surface area contributed by atoms with Crippen LogP contribution in [-0.4, -0.2) is 69.8 Å². The van der Waals surface area contributed by atoms with Gasteiger partial charge in [0.15, 0.2) is 0 Å². The third kappa shape index (κ3) is 5.25. The number of rotatable bonds is 5. The highest BCUT2D eigenvalue weighted by Crippen LogP contribution is 2.05. The molecule has 1 aliphatic rings. The van der Waals surface area contributed by atoms with Gasteiger partial charge >= 0.3 is 0 Å². The first-order valence-corrected chi connectivity index (χ1v) is 7.51. The third-order valence-corrected chi connectivity index (χ3v) is 3.44. The third-order valence-electron chi connectivity index (χ3n) is 2.84. The van der Waals surface area contributed by atoms with E-state index in [2.05, 4.69) is 23.6 Å². The normalized spacial score (nSPS) is 20.5. The zero-order valence-corrected chi connectivity index (χ0v) is 11.2. The Morgan fingerprint density at radius 2 is 1.75 bits per heavy atom. The lowest BCUT2D eigenvalue weighted by atomic mass is 10.2. The molecule has 0 atom stereocenters. The summed E-state index contributed by atoms with van der Waals surface area (Å²) in [4.78, 5) is 4.66. The molecule has 0 aromatic heterocycles. The number of piperazine rings is 1. The molecule has 16 heavy (non-hydrogen) atoms. The molecule has 1 fully saturated rings. The summed E-state index contributed by atoms with van der Waals surface area (Å²) in [5, 5.41) is 0. The fourth-order valence-electron chi connectivity index (χ4n) is 1.82. The van der Waals surface area contributed by atoms with Crippen LogP contribution in [0.25, 0.3) is 0 Å². The molecule has 0 aromatic carbocycles. The van der Waals surface area contributed by atoms with Gasteiger partial charge in [0.2, 0.25) is 0 Å². The minimum Gasteiger partial charge on any atom is -0.298 e. The second-order valence-electron chi connectivity index (χ2n) is 4.50. The quantitative estimate of drug-likeness (QED) is 0.642. The van der Waals surface area contributed by atoms with E-state index >= 15 is 0 Å². The van der Waals surface area contributed by atoms with Crippen molar-refractivity contribution in [2.45, 2.75) is 19.9 Å². The molecule has 1 aliphatic heterocycles. The topological polar surface area (TPSA) is 49.9 Å². The van der Waals surface area contributed by atoms with Crippen molar-refractivity contribution in [2.24, 2.45) is 0 Å². The van der Waals surface area contributed by atoms with Crippen LogP contribution >= 0.6 is 0 Å². The molecule has 96 valence electrons. The van der Waals surface area contributed by atoms with Gasteiger partial charge in [-0.1, -0.05) is 0 Å². The minimum absolute atomic E-state index is 0.264. The molecule has 1 heterocycles. The average molecular weight is 250 g/mol. The van der Waals surface area contributed by atoms with Crippen LogP contribution in [0, 0.1) is 0 Å². The molecule has 0 radical (unpaired) electrons. The van der Waals surface area contributed by atoms with Crippen LogP contribution in [0.1, 0.15) is 13.8 Å². The summed E-state index contributed by atoms with van der Waals surface area (Å²) in [5.41, 5.74) is 0. The Morgan fingerprint density at radius 1 is 1.19 bits per heavy atom. The Hall–Kier alpha value is -0.170. The molecular formula is C10H22N2O3S. The van der Waals surface area contributed by atoms with Crippen molar-refractivity contribution >= 4 is 10.1 Å². The van der Waals surface area contributed by atoms with Crippen molar-refractivity contribution in [3.8, 4) is 0 Å². The van der Waals surface area contributed by atoms with Gasteiger partial charge in [0, 0.05) is 38.8 Å². The second-order valence-corrected chi connectivity index (χ2v) is 6.14. The summed E-state index contributed by atoms with van der Waals surface area (Å²) < 4.78 is 26.3. The first-order chi connectivity index (χ1) is 7.38. The van der Waals surface area contributed by atoms with Gasteiger partial charge < -0.3 is 0 Å². The van der Waals surface area contributed by atoms with E-state index in [9.17, 15) is 8.42 Å². The Morgan fingerprint density at radius 3 is 2.19 bits per heavy atom. The Labute approximate surface area is 98.5 Å². The molecule has 0 aliphatic carbocycles. The SMILES string of the molecule is CC(C)N1CCN(CCOS(C)(=O)=O)CC1. The maximum absolute atomic E-state index is 10.8. The zero-order chi connectivity index (χ0) is 12.2. The maximum atomic E-state index is 10.8. The van der Waals surface area contributed by atoms with Gasteiger partial charge in [0.05, 0.1) is 12.9 Å². The fraction of sp³-hybridized carbons (Fsp3) is 1.00. The predicted octanol–water partition coefficient (Wildman–Crippen LogP) is -0.0114. The molecule has 6 heteroatoms. The summed E-state index contributed by atoms with van der Waals surface area (Å²) in [6.45, 7) is 9.44. The average Bonchev–Trinajstić information content (AvgIpc) is 2.16. The van der Waals surface area contributed by atoms with Gasteiger partial charge in [-0.2, -0.15) is 8.42 Å². The Bertz CT molecular complexity index is 295. The standard InChI is InChI=1S/C10H22N2O3S/c1-10(2)12-6-4-11(5-7-12)8-9-15-16(3,13)14/h10H,4-9H2,1-3H3. The summed E-state index contributed by atoms with van der Waals surface area (Å²) in [7, 11) is -3.29. The van der Waals surface area contributed by atoms with E-state index < -0.39 is 10.1 Å². The van der Waals surface area contributed by atoms with Crippen molar-refractivity contribution < 1.29 is 12.6 Å². The molecule has 1 rings (SSSR count). The molecule has 0 amide bonds. The Balaban J connectivity index is 2.18. The van der Waals surface area contributed by atoms with Crippen molar-refractivity contribution in [3.05, 3.63) is 0 Å². The second kappa shape index (κ2) is 5.95. The molecule has 0 unspecified atom stereocenters. The van der Waals surface area contributed by atoms with E-state index in [1.165, 1.54) is 0 Å². The minimum atomic E-state index is -3.29. The van der Waals surface area contributed by atoms with Crippen LogP contribution in [0.4, 0.5) is 0 Å².